The zero-order chi connectivity index (χ0) is 22.1. The van der Waals surface area contributed by atoms with Crippen LogP contribution in [0.5, 0.6) is 0 Å². The maximum atomic E-state index is 12.8. The van der Waals surface area contributed by atoms with Crippen molar-refractivity contribution >= 4 is 28.5 Å². The molecule has 1 saturated heterocycles. The van der Waals surface area contributed by atoms with Gasteiger partial charge in [-0.2, -0.15) is 0 Å². The Labute approximate surface area is 186 Å². The van der Waals surface area contributed by atoms with Crippen molar-refractivity contribution < 1.29 is 0 Å². The minimum Gasteiger partial charge on any atom is -0.369 e. The van der Waals surface area contributed by atoms with Crippen LogP contribution in [0.15, 0.2) is 40.2 Å². The van der Waals surface area contributed by atoms with E-state index in [0.29, 0.717) is 24.3 Å². The van der Waals surface area contributed by atoms with Crippen molar-refractivity contribution in [3.63, 3.8) is 0 Å². The maximum Gasteiger partial charge on any atom is 0.332 e. The fraction of sp³-hybridized carbons (Fsp3) is 0.500. The second-order valence-electron chi connectivity index (χ2n) is 8.57. The van der Waals surface area contributed by atoms with Crippen molar-refractivity contribution in [2.24, 2.45) is 13.0 Å². The van der Waals surface area contributed by atoms with Gasteiger partial charge >= 0.3 is 5.69 Å². The van der Waals surface area contributed by atoms with E-state index in [1.165, 1.54) is 11.6 Å². The number of hydrogen-bond acceptors (Lipinski definition) is 5. The lowest BCUT2D eigenvalue weighted by Gasteiger charge is -2.36. The second-order valence-corrected chi connectivity index (χ2v) is 9.01. The number of piperazine rings is 1. The lowest BCUT2D eigenvalue weighted by molar-refractivity contribution is 0.249. The maximum absolute atomic E-state index is 12.8. The fourth-order valence-electron chi connectivity index (χ4n) is 4.16. The molecule has 0 N–H and O–H groups in total. The van der Waals surface area contributed by atoms with E-state index in [4.69, 9.17) is 11.6 Å². The highest BCUT2D eigenvalue weighted by Crippen LogP contribution is 2.20. The summed E-state index contributed by atoms with van der Waals surface area (Å²) < 4.78 is 4.69. The molecule has 0 radical (unpaired) electrons. The third kappa shape index (κ3) is 4.41. The van der Waals surface area contributed by atoms with Crippen molar-refractivity contribution in [3.05, 3.63) is 56.5 Å². The van der Waals surface area contributed by atoms with Crippen molar-refractivity contribution in [1.82, 2.24) is 23.6 Å². The smallest absolute Gasteiger partial charge is 0.332 e. The molecule has 0 saturated carbocycles. The minimum absolute atomic E-state index is 0.277. The lowest BCUT2D eigenvalue weighted by Crippen LogP contribution is -2.47. The molecule has 9 heteroatoms. The number of hydrogen-bond donors (Lipinski definition) is 0. The van der Waals surface area contributed by atoms with Gasteiger partial charge in [0.25, 0.3) is 5.56 Å². The summed E-state index contributed by atoms with van der Waals surface area (Å²) in [5.41, 5.74) is 1.53. The van der Waals surface area contributed by atoms with Crippen LogP contribution in [-0.4, -0.2) is 56.3 Å². The van der Waals surface area contributed by atoms with Crippen LogP contribution in [0.1, 0.15) is 13.8 Å². The number of anilines is 1. The van der Waals surface area contributed by atoms with Gasteiger partial charge in [-0.3, -0.25) is 18.8 Å². The molecule has 1 aliphatic heterocycles. The first kappa shape index (κ1) is 21.6. The van der Waals surface area contributed by atoms with Gasteiger partial charge < -0.3 is 9.47 Å². The number of benzene rings is 1. The first-order valence-electron chi connectivity index (χ1n) is 10.7. The van der Waals surface area contributed by atoms with Gasteiger partial charge in [0, 0.05) is 63.6 Å². The Hall–Kier alpha value is -2.58. The lowest BCUT2D eigenvalue weighted by atomic mass is 10.2. The predicted octanol–water partition coefficient (Wildman–Crippen LogP) is 2.03. The molecule has 0 aliphatic carbocycles. The zero-order valence-electron chi connectivity index (χ0n) is 18.3. The normalized spacial score (nSPS) is 15.3. The Bertz CT molecular complexity index is 1190. The molecule has 8 nitrogen and oxygen atoms in total. The number of nitrogens with zero attached hydrogens (tertiary/aromatic N) is 6. The molecule has 1 aliphatic rings. The van der Waals surface area contributed by atoms with Crippen LogP contribution in [-0.2, 0) is 20.1 Å². The van der Waals surface area contributed by atoms with Gasteiger partial charge in [-0.05, 0) is 24.1 Å². The Balaban J connectivity index is 1.47. The zero-order valence-corrected chi connectivity index (χ0v) is 19.0. The summed E-state index contributed by atoms with van der Waals surface area (Å²) in [4.78, 5) is 34.5. The average molecular weight is 445 g/mol. The van der Waals surface area contributed by atoms with Crippen LogP contribution in [0.4, 0.5) is 5.69 Å². The van der Waals surface area contributed by atoms with Gasteiger partial charge in [0.2, 0.25) is 0 Å². The molecular formula is C22H29ClN6O2. The Morgan fingerprint density at radius 3 is 2.52 bits per heavy atom. The highest BCUT2D eigenvalue weighted by Gasteiger charge is 2.20. The van der Waals surface area contributed by atoms with Gasteiger partial charge in [0.1, 0.15) is 0 Å². The van der Waals surface area contributed by atoms with E-state index in [0.717, 1.165) is 43.4 Å². The van der Waals surface area contributed by atoms with Gasteiger partial charge in [-0.25, -0.2) is 9.78 Å². The summed E-state index contributed by atoms with van der Waals surface area (Å²) in [6, 6.07) is 7.96. The molecule has 0 spiro atoms. The van der Waals surface area contributed by atoms with Gasteiger partial charge in [-0.1, -0.05) is 31.5 Å². The van der Waals surface area contributed by atoms with Crippen LogP contribution in [0.25, 0.3) is 11.2 Å². The number of imidazole rings is 1. The summed E-state index contributed by atoms with van der Waals surface area (Å²) in [5, 5.41) is 0.754. The van der Waals surface area contributed by atoms with Crippen LogP contribution in [0.2, 0.25) is 5.02 Å². The largest absolute Gasteiger partial charge is 0.369 e. The van der Waals surface area contributed by atoms with Gasteiger partial charge in [-0.15, -0.1) is 0 Å². The molecule has 4 rings (SSSR count). The second kappa shape index (κ2) is 8.88. The Morgan fingerprint density at radius 1 is 1.10 bits per heavy atom. The number of halogens is 1. The molecule has 3 aromatic rings. The standard InChI is InChI=1S/C22H29ClN6O2/c1-16(2)14-29-20-19(21(30)25(3)22(29)31)28(15-24-20)12-9-26-7-10-27(11-8-26)18-6-4-5-17(23)13-18/h4-6,13,15-16H,7-12,14H2,1-3H3. The first-order valence-corrected chi connectivity index (χ1v) is 11.1. The predicted molar refractivity (Wildman–Crippen MR) is 124 cm³/mol. The third-order valence-corrected chi connectivity index (χ3v) is 6.08. The van der Waals surface area contributed by atoms with E-state index in [1.54, 1.807) is 10.9 Å². The van der Waals surface area contributed by atoms with E-state index >= 15 is 0 Å². The van der Waals surface area contributed by atoms with E-state index in [9.17, 15) is 9.59 Å². The third-order valence-electron chi connectivity index (χ3n) is 5.85. The molecule has 166 valence electrons. The summed E-state index contributed by atoms with van der Waals surface area (Å²) in [7, 11) is 1.54. The Kier molecular flexibility index (Phi) is 6.20. The molecule has 0 bridgehead atoms. The summed E-state index contributed by atoms with van der Waals surface area (Å²) in [6.07, 6.45) is 1.69. The van der Waals surface area contributed by atoms with Crippen LogP contribution in [0, 0.1) is 5.92 Å². The van der Waals surface area contributed by atoms with Crippen LogP contribution < -0.4 is 16.1 Å². The molecule has 3 heterocycles. The minimum atomic E-state index is -0.311. The van der Waals surface area contributed by atoms with Crippen molar-refractivity contribution in [3.8, 4) is 0 Å². The first-order chi connectivity index (χ1) is 14.8. The molecule has 2 aromatic heterocycles. The summed E-state index contributed by atoms with van der Waals surface area (Å²) >= 11 is 6.13. The topological polar surface area (TPSA) is 68.3 Å². The van der Waals surface area contributed by atoms with Crippen molar-refractivity contribution in [2.45, 2.75) is 26.9 Å². The van der Waals surface area contributed by atoms with E-state index in [-0.39, 0.29) is 17.2 Å². The quantitative estimate of drug-likeness (QED) is 0.582. The highest BCUT2D eigenvalue weighted by atomic mass is 35.5. The molecular weight excluding hydrogens is 416 g/mol. The van der Waals surface area contributed by atoms with Crippen molar-refractivity contribution in [1.29, 1.82) is 0 Å². The van der Waals surface area contributed by atoms with E-state index < -0.39 is 0 Å². The molecule has 0 amide bonds. The number of aromatic nitrogens is 4. The molecule has 0 unspecified atom stereocenters. The fourth-order valence-corrected chi connectivity index (χ4v) is 4.34. The monoisotopic (exact) mass is 444 g/mol. The highest BCUT2D eigenvalue weighted by molar-refractivity contribution is 6.30. The summed E-state index contributed by atoms with van der Waals surface area (Å²) in [5.74, 6) is 0.277. The average Bonchev–Trinajstić information content (AvgIpc) is 3.18. The van der Waals surface area contributed by atoms with Gasteiger partial charge in [0.05, 0.1) is 6.33 Å². The van der Waals surface area contributed by atoms with Crippen molar-refractivity contribution in [2.75, 3.05) is 37.6 Å². The van der Waals surface area contributed by atoms with E-state index in [1.807, 2.05) is 36.6 Å². The van der Waals surface area contributed by atoms with Crippen LogP contribution >= 0.6 is 11.6 Å². The number of fused-ring (bicyclic) bond motifs is 1. The van der Waals surface area contributed by atoms with Gasteiger partial charge in [0.15, 0.2) is 11.2 Å². The van der Waals surface area contributed by atoms with E-state index in [2.05, 4.69) is 20.9 Å². The molecule has 1 aromatic carbocycles. The van der Waals surface area contributed by atoms with Crippen LogP contribution in [0.3, 0.4) is 0 Å². The summed E-state index contributed by atoms with van der Waals surface area (Å²) in [6.45, 7) is 9.84. The molecule has 0 atom stereocenters. The molecule has 1 fully saturated rings. The molecule has 31 heavy (non-hydrogen) atoms. The number of rotatable bonds is 6. The Morgan fingerprint density at radius 2 is 1.84 bits per heavy atom. The SMILES string of the molecule is CC(C)Cn1c(=O)n(C)c(=O)c2c1ncn2CCN1CCN(c2cccc(Cl)c2)CC1.